The van der Waals surface area contributed by atoms with Crippen molar-refractivity contribution in [2.45, 2.75) is 122 Å². The minimum Gasteiger partial charge on any atom is -0.370 e. The van der Waals surface area contributed by atoms with Crippen LogP contribution in [0.3, 0.4) is 0 Å². The number of rotatable bonds is 15. The fraction of sp³-hybridized carbons (Fsp3) is 0.471. The van der Waals surface area contributed by atoms with E-state index in [1.54, 1.807) is 30.3 Å². The van der Waals surface area contributed by atoms with Crippen molar-refractivity contribution in [3.05, 3.63) is 90.1 Å². The molecule has 18 N–H and O–H groups in total. The quantitative estimate of drug-likeness (QED) is 0.0370. The lowest BCUT2D eigenvalue weighted by Gasteiger charge is -2.26. The molecule has 2 aromatic heterocycles. The van der Waals surface area contributed by atoms with E-state index < -0.39 is 96.5 Å². The number of nitrogens with two attached hydrogens (primary N) is 4. The van der Waals surface area contributed by atoms with E-state index in [-0.39, 0.29) is 57.5 Å². The summed E-state index contributed by atoms with van der Waals surface area (Å²) in [7, 11) is 0. The highest BCUT2D eigenvalue weighted by molar-refractivity contribution is 5.97. The minimum absolute atomic E-state index is 0.0131. The molecule has 76 heavy (non-hydrogen) atoms. The zero-order valence-electron chi connectivity index (χ0n) is 43.5. The van der Waals surface area contributed by atoms with Crippen LogP contribution in [0, 0.1) is 0 Å². The Balaban J connectivity index is 0.000000703. The average Bonchev–Trinajstić information content (AvgIpc) is 4.08. The highest BCUT2D eigenvalue weighted by Gasteiger charge is 2.32. The smallest absolute Gasteiger partial charge is 0.243 e. The first-order valence-electron chi connectivity index (χ1n) is 25.3. The number of hydrogen-bond acceptors (Lipinski definition) is 12. The van der Waals surface area contributed by atoms with E-state index in [1.165, 1.54) is 35.9 Å². The predicted octanol–water partition coefficient (Wildman–Crippen LogP) is -1.42. The molecule has 25 nitrogen and oxygen atoms in total. The van der Waals surface area contributed by atoms with Crippen molar-refractivity contribution in [1.82, 2.24) is 57.5 Å². The van der Waals surface area contributed by atoms with Crippen LogP contribution in [0.1, 0.15) is 89.0 Å². The Bertz CT molecular complexity index is 2510. The number of benzene rings is 2. The number of carbonyl (C=O) groups is 9. The third-order valence-corrected chi connectivity index (χ3v) is 11.6. The monoisotopic (exact) mass is 1060 g/mol. The van der Waals surface area contributed by atoms with Gasteiger partial charge in [-0.05, 0) is 75.1 Å². The van der Waals surface area contributed by atoms with Gasteiger partial charge in [0.2, 0.25) is 53.2 Å². The maximum absolute atomic E-state index is 14.1. The normalized spacial score (nSPS) is 18.6. The van der Waals surface area contributed by atoms with Gasteiger partial charge in [0.1, 0.15) is 30.2 Å². The number of H-pyrrole nitrogens is 2. The number of aromatic nitrogens is 3. The minimum atomic E-state index is -1.32. The summed E-state index contributed by atoms with van der Waals surface area (Å²) in [5.41, 5.74) is 24.8. The van der Waals surface area contributed by atoms with Gasteiger partial charge in [0.05, 0.1) is 19.4 Å². The van der Waals surface area contributed by atoms with Gasteiger partial charge in [0.25, 0.3) is 0 Å². The van der Waals surface area contributed by atoms with E-state index in [4.69, 9.17) is 22.9 Å². The van der Waals surface area contributed by atoms with E-state index in [1.807, 2.05) is 6.92 Å². The van der Waals surface area contributed by atoms with Crippen LogP contribution in [0.5, 0.6) is 0 Å². The standard InChI is InChI=1S/C37H54N12O9.C10H11N.C4H11N3/c1-22(50)45-26(10-5-6-14-38)35(56)47-27-11-7-15-41-30(51)13-12-25(33(39)54)46-32(53)20-42-31(52)19-43-34(55)28(16-23-8-3-2-4-9-23)48-37(58)29(49-36(27)57)17-24-18-40-21-44-24;1-2-8-7-11-10-6-4-3-5-9(8)10;1-2-3-7-4(5)6/h2-4,8-9,18,21,25-29H,5-7,10-17,19-20,38H2,1H3,(H2,39,54)(H,40,44)(H,41,51)(H,42,52)(H,43,55)(H,45,50)(H,46,53)(H,47,56)(H,48,58)(H,49,57);3-7,11H,2H2,1H3;2-3H2,1H3,(H4,5,6,7)/t25?,26-,27?,28?,29-;;/m0../s1. The number of imidazole rings is 1. The third kappa shape index (κ3) is 23.7. The molecule has 0 aliphatic carbocycles. The van der Waals surface area contributed by atoms with Crippen molar-refractivity contribution in [1.29, 1.82) is 0 Å². The molecule has 1 saturated heterocycles. The fourth-order valence-electron chi connectivity index (χ4n) is 7.60. The van der Waals surface area contributed by atoms with Crippen LogP contribution in [0.2, 0.25) is 0 Å². The lowest BCUT2D eigenvalue weighted by molar-refractivity contribution is -0.134. The maximum Gasteiger partial charge on any atom is 0.243 e. The van der Waals surface area contributed by atoms with Crippen LogP contribution in [-0.4, -0.2) is 137 Å². The number of fused-ring (bicyclic) bond motifs is 1. The van der Waals surface area contributed by atoms with Gasteiger partial charge in [0.15, 0.2) is 5.96 Å². The van der Waals surface area contributed by atoms with Gasteiger partial charge in [-0.2, -0.15) is 0 Å². The largest absolute Gasteiger partial charge is 0.370 e. The first kappa shape index (κ1) is 61.9. The second kappa shape index (κ2) is 34.2. The SMILES string of the molecule is CC(=O)N[C@@H](CCCCN)C(=O)NC1CCCNC(=O)CCC(C(N)=O)NC(=O)CNC(=O)CNC(=O)C(Cc2ccccc2)NC(=O)[C@H](Cc2cnc[nH]2)NC1=O.CCCN=C(N)N.CCc1c[nH]c2ccccc12. The number of carbonyl (C=O) groups excluding carboxylic acids is 9. The van der Waals surface area contributed by atoms with Gasteiger partial charge in [-0.25, -0.2) is 4.98 Å². The topological polar surface area (TPSA) is 411 Å². The van der Waals surface area contributed by atoms with Crippen molar-refractivity contribution < 1.29 is 43.2 Å². The Morgan fingerprint density at radius 3 is 2.12 bits per heavy atom. The van der Waals surface area contributed by atoms with Gasteiger partial charge in [0, 0.05) is 68.3 Å². The van der Waals surface area contributed by atoms with E-state index in [0.29, 0.717) is 30.6 Å². The molecule has 2 aromatic carbocycles. The van der Waals surface area contributed by atoms with Crippen LogP contribution >= 0.6 is 0 Å². The van der Waals surface area contributed by atoms with Gasteiger partial charge < -0.3 is 75.4 Å². The van der Waals surface area contributed by atoms with Crippen molar-refractivity contribution in [2.24, 2.45) is 27.9 Å². The van der Waals surface area contributed by atoms with Crippen LogP contribution in [0.25, 0.3) is 10.9 Å². The lowest BCUT2D eigenvalue weighted by Crippen LogP contribution is -2.59. The predicted molar refractivity (Wildman–Crippen MR) is 286 cm³/mol. The first-order valence-corrected chi connectivity index (χ1v) is 25.3. The van der Waals surface area contributed by atoms with Gasteiger partial charge >= 0.3 is 0 Å². The number of guanidine groups is 1. The second-order valence-corrected chi connectivity index (χ2v) is 17.8. The number of para-hydroxylation sites is 1. The molecule has 1 aliphatic rings. The summed E-state index contributed by atoms with van der Waals surface area (Å²) < 4.78 is 0. The molecule has 414 valence electrons. The molecule has 25 heteroatoms. The molecule has 1 fully saturated rings. The van der Waals surface area contributed by atoms with Crippen LogP contribution in [0.4, 0.5) is 0 Å². The number of aryl methyl sites for hydroxylation is 1. The summed E-state index contributed by atoms with van der Waals surface area (Å²) >= 11 is 0. The summed E-state index contributed by atoms with van der Waals surface area (Å²) in [6, 6.07) is 11.0. The summed E-state index contributed by atoms with van der Waals surface area (Å²) in [5, 5.41) is 21.8. The summed E-state index contributed by atoms with van der Waals surface area (Å²) in [4.78, 5) is 131. The number of unbranched alkanes of at least 4 members (excludes halogenated alkanes) is 1. The van der Waals surface area contributed by atoms with E-state index in [2.05, 4.69) is 99.9 Å². The average molecular weight is 1060 g/mol. The Hall–Kier alpha value is -8.35. The molecule has 0 radical (unpaired) electrons. The van der Waals surface area contributed by atoms with Crippen molar-refractivity contribution in [3.63, 3.8) is 0 Å². The molecule has 5 atom stereocenters. The van der Waals surface area contributed by atoms with Crippen molar-refractivity contribution >= 4 is 70.0 Å². The molecule has 0 spiro atoms. The van der Waals surface area contributed by atoms with E-state index in [0.717, 1.165) is 19.4 Å². The molecular formula is C51H76N16O9. The first-order chi connectivity index (χ1) is 36.4. The number of aromatic amines is 2. The number of hydrogen-bond donors (Lipinski definition) is 14. The summed E-state index contributed by atoms with van der Waals surface area (Å²) in [5.74, 6) is -6.20. The number of primary amides is 1. The number of aliphatic imine (C=N–C) groups is 1. The molecule has 0 bridgehead atoms. The third-order valence-electron chi connectivity index (χ3n) is 11.6. The van der Waals surface area contributed by atoms with Crippen LogP contribution < -0.4 is 65.5 Å². The molecule has 4 aromatic rings. The number of amides is 9. The van der Waals surface area contributed by atoms with Gasteiger partial charge in [-0.15, -0.1) is 0 Å². The molecule has 3 heterocycles. The zero-order valence-corrected chi connectivity index (χ0v) is 43.5. The zero-order chi connectivity index (χ0) is 55.8. The Morgan fingerprint density at radius 2 is 1.47 bits per heavy atom. The summed E-state index contributed by atoms with van der Waals surface area (Å²) in [6.45, 7) is 5.42. The van der Waals surface area contributed by atoms with Crippen LogP contribution in [-0.2, 0) is 62.4 Å². The highest BCUT2D eigenvalue weighted by Crippen LogP contribution is 2.17. The molecule has 3 unspecified atom stereocenters. The molecule has 5 rings (SSSR count). The summed E-state index contributed by atoms with van der Waals surface area (Å²) in [6.07, 6.45) is 7.95. The van der Waals surface area contributed by atoms with Crippen molar-refractivity contribution in [2.75, 3.05) is 32.7 Å². The van der Waals surface area contributed by atoms with Crippen molar-refractivity contribution in [3.8, 4) is 0 Å². The Morgan fingerprint density at radius 1 is 0.776 bits per heavy atom. The molecule has 9 amide bonds. The highest BCUT2D eigenvalue weighted by atomic mass is 16.2. The van der Waals surface area contributed by atoms with Gasteiger partial charge in [-0.1, -0.05) is 62.4 Å². The lowest BCUT2D eigenvalue weighted by atomic mass is 10.0. The van der Waals surface area contributed by atoms with Gasteiger partial charge in [-0.3, -0.25) is 48.1 Å². The van der Waals surface area contributed by atoms with E-state index in [9.17, 15) is 43.2 Å². The molecule has 1 aliphatic heterocycles. The molecular weight excluding hydrogens is 981 g/mol. The second-order valence-electron chi connectivity index (χ2n) is 17.8. The van der Waals surface area contributed by atoms with Crippen LogP contribution in [0.15, 0.2) is 78.3 Å². The number of nitrogens with zero attached hydrogens (tertiary/aromatic N) is 2. The number of nitrogens with one attached hydrogen (secondary N) is 10. The fourth-order valence-corrected chi connectivity index (χ4v) is 7.60. The molecule has 0 saturated carbocycles. The van der Waals surface area contributed by atoms with E-state index >= 15 is 0 Å². The Kier molecular flexibility index (Phi) is 27.9. The Labute approximate surface area is 441 Å². The maximum atomic E-state index is 14.1.